The number of likely N-dealkylation sites (N-methyl/N-ethyl adjacent to an activating group) is 1. The summed E-state index contributed by atoms with van der Waals surface area (Å²) in [6.07, 6.45) is 0.348. The van der Waals surface area contributed by atoms with Crippen LogP contribution in [0.3, 0.4) is 0 Å². The SMILES string of the molecule is CCN(CC(N)=O)C(=O)CC1COCCN1. The Kier molecular flexibility index (Phi) is 5.21. The molecule has 2 amide bonds. The highest BCUT2D eigenvalue weighted by molar-refractivity contribution is 5.84. The lowest BCUT2D eigenvalue weighted by Gasteiger charge is -2.26. The fraction of sp³-hybridized carbons (Fsp3) is 0.800. The summed E-state index contributed by atoms with van der Waals surface area (Å²) in [5, 5.41) is 3.19. The van der Waals surface area contributed by atoms with Gasteiger partial charge in [0.2, 0.25) is 11.8 Å². The fourth-order valence-corrected chi connectivity index (χ4v) is 1.66. The van der Waals surface area contributed by atoms with E-state index in [9.17, 15) is 9.59 Å². The van der Waals surface area contributed by atoms with Crippen LogP contribution in [0.15, 0.2) is 0 Å². The minimum Gasteiger partial charge on any atom is -0.378 e. The molecule has 1 saturated heterocycles. The van der Waals surface area contributed by atoms with E-state index in [0.29, 0.717) is 26.2 Å². The van der Waals surface area contributed by atoms with Gasteiger partial charge in [-0.1, -0.05) is 0 Å². The van der Waals surface area contributed by atoms with Crippen molar-refractivity contribution in [1.29, 1.82) is 0 Å². The Labute approximate surface area is 95.1 Å². The van der Waals surface area contributed by atoms with E-state index in [2.05, 4.69) is 5.32 Å². The third kappa shape index (κ3) is 4.16. The van der Waals surface area contributed by atoms with Gasteiger partial charge in [-0.05, 0) is 6.92 Å². The van der Waals surface area contributed by atoms with Crippen molar-refractivity contribution in [2.45, 2.75) is 19.4 Å². The van der Waals surface area contributed by atoms with Gasteiger partial charge in [0, 0.05) is 25.6 Å². The van der Waals surface area contributed by atoms with Gasteiger partial charge in [0.1, 0.15) is 0 Å². The van der Waals surface area contributed by atoms with Crippen LogP contribution < -0.4 is 11.1 Å². The number of morpholine rings is 1. The molecular formula is C10H19N3O3. The number of carbonyl (C=O) groups excluding carboxylic acids is 2. The number of rotatable bonds is 5. The van der Waals surface area contributed by atoms with E-state index in [4.69, 9.17) is 10.5 Å². The molecule has 16 heavy (non-hydrogen) atoms. The molecule has 0 aromatic rings. The van der Waals surface area contributed by atoms with Crippen LogP contribution in [0.1, 0.15) is 13.3 Å². The van der Waals surface area contributed by atoms with E-state index in [0.717, 1.165) is 6.54 Å². The zero-order valence-electron chi connectivity index (χ0n) is 9.57. The maximum atomic E-state index is 11.8. The fourth-order valence-electron chi connectivity index (χ4n) is 1.66. The van der Waals surface area contributed by atoms with Crippen molar-refractivity contribution in [2.75, 3.05) is 32.8 Å². The number of hydrogen-bond donors (Lipinski definition) is 2. The molecule has 0 aromatic carbocycles. The topological polar surface area (TPSA) is 84.7 Å². The number of nitrogens with zero attached hydrogens (tertiary/aromatic N) is 1. The molecular weight excluding hydrogens is 210 g/mol. The molecule has 1 unspecified atom stereocenters. The number of hydrogen-bond acceptors (Lipinski definition) is 4. The number of carbonyl (C=O) groups is 2. The van der Waals surface area contributed by atoms with E-state index in [1.807, 2.05) is 6.92 Å². The quantitative estimate of drug-likeness (QED) is 0.613. The predicted octanol–water partition coefficient (Wildman–Crippen LogP) is -1.30. The van der Waals surface area contributed by atoms with Crippen LogP contribution in [0.4, 0.5) is 0 Å². The van der Waals surface area contributed by atoms with Gasteiger partial charge in [0.15, 0.2) is 0 Å². The van der Waals surface area contributed by atoms with Gasteiger partial charge in [-0.15, -0.1) is 0 Å². The molecule has 1 atom stereocenters. The summed E-state index contributed by atoms with van der Waals surface area (Å²) in [6.45, 7) is 4.30. The minimum absolute atomic E-state index is 0.0110. The first kappa shape index (κ1) is 12.9. The van der Waals surface area contributed by atoms with Crippen LogP contribution in [0, 0.1) is 0 Å². The lowest BCUT2D eigenvalue weighted by Crippen LogP contribution is -2.46. The van der Waals surface area contributed by atoms with E-state index in [1.54, 1.807) is 0 Å². The minimum atomic E-state index is -0.483. The normalized spacial score (nSPS) is 20.4. The Hall–Kier alpha value is -1.14. The molecule has 6 heteroatoms. The van der Waals surface area contributed by atoms with E-state index in [1.165, 1.54) is 4.90 Å². The second-order valence-electron chi connectivity index (χ2n) is 3.80. The van der Waals surface area contributed by atoms with Crippen LogP contribution in [0.2, 0.25) is 0 Å². The summed E-state index contributed by atoms with van der Waals surface area (Å²) in [4.78, 5) is 24.0. The average molecular weight is 229 g/mol. The number of primary amides is 1. The smallest absolute Gasteiger partial charge is 0.237 e. The number of nitrogens with one attached hydrogen (secondary N) is 1. The summed E-state index contributed by atoms with van der Waals surface area (Å²) >= 11 is 0. The van der Waals surface area contributed by atoms with Crippen molar-refractivity contribution >= 4 is 11.8 Å². The van der Waals surface area contributed by atoms with Gasteiger partial charge >= 0.3 is 0 Å². The monoisotopic (exact) mass is 229 g/mol. The third-order valence-corrected chi connectivity index (χ3v) is 2.50. The molecule has 0 saturated carbocycles. The van der Waals surface area contributed by atoms with Crippen LogP contribution >= 0.6 is 0 Å². The van der Waals surface area contributed by atoms with Crippen LogP contribution in [0.5, 0.6) is 0 Å². The Morgan fingerprint density at radius 2 is 2.31 bits per heavy atom. The molecule has 0 radical (unpaired) electrons. The molecule has 1 aliphatic rings. The number of ether oxygens (including phenoxy) is 1. The zero-order chi connectivity index (χ0) is 12.0. The highest BCUT2D eigenvalue weighted by atomic mass is 16.5. The van der Waals surface area contributed by atoms with Crippen LogP contribution in [0.25, 0.3) is 0 Å². The highest BCUT2D eigenvalue weighted by Crippen LogP contribution is 2.02. The first-order chi connectivity index (χ1) is 7.63. The first-order valence-electron chi connectivity index (χ1n) is 5.50. The summed E-state index contributed by atoms with van der Waals surface area (Å²) in [6, 6.07) is 0.0446. The molecule has 1 aliphatic heterocycles. The average Bonchev–Trinajstić information content (AvgIpc) is 2.26. The number of nitrogens with two attached hydrogens (primary N) is 1. The van der Waals surface area contributed by atoms with Crippen LogP contribution in [-0.4, -0.2) is 55.6 Å². The second kappa shape index (κ2) is 6.44. The maximum absolute atomic E-state index is 11.8. The molecule has 1 rings (SSSR count). The summed E-state index contributed by atoms with van der Waals surface area (Å²) in [7, 11) is 0. The zero-order valence-corrected chi connectivity index (χ0v) is 9.57. The summed E-state index contributed by atoms with van der Waals surface area (Å²) < 4.78 is 5.25. The van der Waals surface area contributed by atoms with Crippen molar-refractivity contribution in [2.24, 2.45) is 5.73 Å². The van der Waals surface area contributed by atoms with Gasteiger partial charge in [-0.3, -0.25) is 9.59 Å². The van der Waals surface area contributed by atoms with Gasteiger partial charge in [0.05, 0.1) is 19.8 Å². The Morgan fingerprint density at radius 1 is 1.56 bits per heavy atom. The third-order valence-electron chi connectivity index (χ3n) is 2.50. The molecule has 1 heterocycles. The predicted molar refractivity (Wildman–Crippen MR) is 58.7 cm³/mol. The van der Waals surface area contributed by atoms with Gasteiger partial charge < -0.3 is 20.7 Å². The van der Waals surface area contributed by atoms with Gasteiger partial charge in [-0.25, -0.2) is 0 Å². The molecule has 92 valence electrons. The molecule has 3 N–H and O–H groups in total. The second-order valence-corrected chi connectivity index (χ2v) is 3.80. The van der Waals surface area contributed by atoms with Crippen molar-refractivity contribution in [1.82, 2.24) is 10.2 Å². The molecule has 0 aromatic heterocycles. The van der Waals surface area contributed by atoms with Crippen molar-refractivity contribution in [3.8, 4) is 0 Å². The lowest BCUT2D eigenvalue weighted by atomic mass is 10.2. The summed E-state index contributed by atoms with van der Waals surface area (Å²) in [5.41, 5.74) is 5.07. The first-order valence-corrected chi connectivity index (χ1v) is 5.50. The van der Waals surface area contributed by atoms with Crippen LogP contribution in [-0.2, 0) is 14.3 Å². The number of amides is 2. The maximum Gasteiger partial charge on any atom is 0.237 e. The van der Waals surface area contributed by atoms with Gasteiger partial charge in [-0.2, -0.15) is 0 Å². The van der Waals surface area contributed by atoms with Crippen molar-refractivity contribution < 1.29 is 14.3 Å². The Bertz CT molecular complexity index is 252. The molecule has 1 fully saturated rings. The highest BCUT2D eigenvalue weighted by Gasteiger charge is 2.20. The molecule has 6 nitrogen and oxygen atoms in total. The molecule has 0 bridgehead atoms. The lowest BCUT2D eigenvalue weighted by molar-refractivity contribution is -0.136. The van der Waals surface area contributed by atoms with E-state index < -0.39 is 5.91 Å². The molecule has 0 aliphatic carbocycles. The van der Waals surface area contributed by atoms with Crippen molar-refractivity contribution in [3.63, 3.8) is 0 Å². The van der Waals surface area contributed by atoms with E-state index >= 15 is 0 Å². The largest absolute Gasteiger partial charge is 0.378 e. The summed E-state index contributed by atoms with van der Waals surface area (Å²) in [5.74, 6) is -0.549. The van der Waals surface area contributed by atoms with Crippen molar-refractivity contribution in [3.05, 3.63) is 0 Å². The van der Waals surface area contributed by atoms with E-state index in [-0.39, 0.29) is 18.5 Å². The molecule has 0 spiro atoms. The Balaban J connectivity index is 2.38. The van der Waals surface area contributed by atoms with Gasteiger partial charge in [0.25, 0.3) is 0 Å². The standard InChI is InChI=1S/C10H19N3O3/c1-2-13(6-9(11)14)10(15)5-8-7-16-4-3-12-8/h8,12H,2-7H2,1H3,(H2,11,14). The Morgan fingerprint density at radius 3 is 2.81 bits per heavy atom.